The van der Waals surface area contributed by atoms with Gasteiger partial charge in [0.15, 0.2) is 4.90 Å². The average molecular weight is 397 g/mol. The maximum atomic E-state index is 12.9. The summed E-state index contributed by atoms with van der Waals surface area (Å²) in [6.07, 6.45) is 4.60. The van der Waals surface area contributed by atoms with E-state index in [9.17, 15) is 4.55 Å². The highest BCUT2D eigenvalue weighted by molar-refractivity contribution is 7.92. The third-order valence-electron chi connectivity index (χ3n) is 6.33. The van der Waals surface area contributed by atoms with E-state index < -0.39 is 11.4 Å². The topological polar surface area (TPSA) is 47.6 Å². The molecule has 1 saturated carbocycles. The SMILES string of the molecule is [O-][S+](c1ccccc1)N1CCc2cc(C3CC3NCC3CCOCC3)ccc21. The van der Waals surface area contributed by atoms with Crippen molar-refractivity contribution in [3.8, 4) is 0 Å². The Morgan fingerprint density at radius 1 is 1.11 bits per heavy atom. The second-order valence-electron chi connectivity index (χ2n) is 8.22. The predicted molar refractivity (Wildman–Crippen MR) is 113 cm³/mol. The normalized spacial score (nSPS) is 25.5. The smallest absolute Gasteiger partial charge is 0.180 e. The number of nitrogens with zero attached hydrogens (tertiary/aromatic N) is 1. The van der Waals surface area contributed by atoms with Gasteiger partial charge in [-0.3, -0.25) is 0 Å². The summed E-state index contributed by atoms with van der Waals surface area (Å²) in [6, 6.07) is 17.2. The zero-order chi connectivity index (χ0) is 18.9. The van der Waals surface area contributed by atoms with Gasteiger partial charge < -0.3 is 14.6 Å². The lowest BCUT2D eigenvalue weighted by atomic mass is 10.0. The molecule has 0 amide bonds. The first-order valence-electron chi connectivity index (χ1n) is 10.5. The van der Waals surface area contributed by atoms with Crippen LogP contribution in [0.4, 0.5) is 5.69 Å². The van der Waals surface area contributed by atoms with Gasteiger partial charge in [-0.1, -0.05) is 30.3 Å². The number of benzene rings is 2. The Morgan fingerprint density at radius 3 is 2.75 bits per heavy atom. The zero-order valence-corrected chi connectivity index (χ0v) is 17.0. The van der Waals surface area contributed by atoms with E-state index in [1.165, 1.54) is 30.4 Å². The summed E-state index contributed by atoms with van der Waals surface area (Å²) in [5, 5.41) is 3.78. The summed E-state index contributed by atoms with van der Waals surface area (Å²) in [4.78, 5) is 0.874. The Bertz CT molecular complexity index is 810. The number of nitrogens with one attached hydrogen (secondary N) is 1. The molecule has 28 heavy (non-hydrogen) atoms. The van der Waals surface area contributed by atoms with Crippen LogP contribution in [-0.4, -0.2) is 36.9 Å². The number of rotatable bonds is 6. The molecule has 1 N–H and O–H groups in total. The molecule has 3 atom stereocenters. The molecule has 3 aliphatic rings. The van der Waals surface area contributed by atoms with Gasteiger partial charge in [-0.05, 0) is 67.5 Å². The molecule has 0 bridgehead atoms. The highest BCUT2D eigenvalue weighted by Crippen LogP contribution is 2.43. The Kier molecular flexibility index (Phi) is 5.33. The Balaban J connectivity index is 1.21. The summed E-state index contributed by atoms with van der Waals surface area (Å²) < 4.78 is 20.4. The number of ether oxygens (including phenoxy) is 1. The van der Waals surface area contributed by atoms with Gasteiger partial charge in [-0.2, -0.15) is 4.31 Å². The fourth-order valence-corrected chi connectivity index (χ4v) is 5.77. The largest absolute Gasteiger partial charge is 0.588 e. The van der Waals surface area contributed by atoms with E-state index in [4.69, 9.17) is 4.74 Å². The molecular formula is C23H28N2O2S. The molecular weight excluding hydrogens is 368 g/mol. The molecule has 5 rings (SSSR count). The van der Waals surface area contributed by atoms with Gasteiger partial charge in [0, 0.05) is 25.2 Å². The summed E-state index contributed by atoms with van der Waals surface area (Å²) in [6.45, 7) is 3.80. The van der Waals surface area contributed by atoms with Crippen molar-refractivity contribution in [2.45, 2.75) is 42.5 Å². The maximum Gasteiger partial charge on any atom is 0.180 e. The van der Waals surface area contributed by atoms with E-state index in [1.54, 1.807) is 0 Å². The van der Waals surface area contributed by atoms with Crippen LogP contribution in [0.3, 0.4) is 0 Å². The molecule has 2 fully saturated rings. The lowest BCUT2D eigenvalue weighted by Gasteiger charge is -2.22. The van der Waals surface area contributed by atoms with E-state index in [-0.39, 0.29) is 0 Å². The van der Waals surface area contributed by atoms with Crippen LogP contribution in [0.5, 0.6) is 0 Å². The minimum absolute atomic E-state index is 0.622. The van der Waals surface area contributed by atoms with E-state index in [1.807, 2.05) is 34.6 Å². The van der Waals surface area contributed by atoms with Crippen molar-refractivity contribution < 1.29 is 9.29 Å². The second kappa shape index (κ2) is 8.07. The molecule has 2 aliphatic heterocycles. The van der Waals surface area contributed by atoms with Crippen LogP contribution in [-0.2, 0) is 22.5 Å². The zero-order valence-electron chi connectivity index (χ0n) is 16.2. The van der Waals surface area contributed by atoms with Crippen molar-refractivity contribution in [2.75, 3.05) is 30.6 Å². The summed E-state index contributed by atoms with van der Waals surface area (Å²) >= 11 is -1.12. The minimum atomic E-state index is -1.12. The van der Waals surface area contributed by atoms with Gasteiger partial charge in [-0.15, -0.1) is 0 Å². The first-order valence-corrected chi connectivity index (χ1v) is 11.6. The highest BCUT2D eigenvalue weighted by Gasteiger charge is 2.39. The fraction of sp³-hybridized carbons (Fsp3) is 0.478. The minimum Gasteiger partial charge on any atom is -0.588 e. The van der Waals surface area contributed by atoms with Crippen molar-refractivity contribution in [3.05, 3.63) is 59.7 Å². The standard InChI is InChI=1S/C23H28N2O2S/c26-28(20-4-2-1-3-5-20)25-11-8-19-14-18(6-7-23(19)25)21-15-22(21)24-16-17-9-12-27-13-10-17/h1-7,14,17,21-22,24H,8-13,15-16H2. The fourth-order valence-electron chi connectivity index (χ4n) is 4.52. The first-order chi connectivity index (χ1) is 13.8. The van der Waals surface area contributed by atoms with E-state index in [0.717, 1.165) is 49.2 Å². The maximum absolute atomic E-state index is 12.9. The molecule has 2 heterocycles. The monoisotopic (exact) mass is 396 g/mol. The predicted octanol–water partition coefficient (Wildman–Crippen LogP) is 3.64. The second-order valence-corrected chi connectivity index (χ2v) is 9.63. The third kappa shape index (κ3) is 3.81. The Labute approximate surface area is 170 Å². The van der Waals surface area contributed by atoms with Gasteiger partial charge >= 0.3 is 0 Å². The van der Waals surface area contributed by atoms with Crippen LogP contribution >= 0.6 is 0 Å². The quantitative estimate of drug-likeness (QED) is 0.758. The van der Waals surface area contributed by atoms with Crippen LogP contribution in [0.2, 0.25) is 0 Å². The molecule has 0 aromatic heterocycles. The molecule has 3 unspecified atom stereocenters. The van der Waals surface area contributed by atoms with Gasteiger partial charge in [0.05, 0.1) is 12.2 Å². The number of hydrogen-bond donors (Lipinski definition) is 1. The molecule has 2 aromatic carbocycles. The molecule has 1 aliphatic carbocycles. The summed E-state index contributed by atoms with van der Waals surface area (Å²) in [7, 11) is 0. The van der Waals surface area contributed by atoms with Crippen molar-refractivity contribution in [1.82, 2.24) is 5.32 Å². The van der Waals surface area contributed by atoms with Crippen LogP contribution in [0.25, 0.3) is 0 Å². The van der Waals surface area contributed by atoms with Crippen LogP contribution in [0, 0.1) is 5.92 Å². The number of anilines is 1. The summed E-state index contributed by atoms with van der Waals surface area (Å²) in [5.74, 6) is 1.41. The van der Waals surface area contributed by atoms with E-state index in [0.29, 0.717) is 12.0 Å². The van der Waals surface area contributed by atoms with Gasteiger partial charge in [-0.25, -0.2) is 0 Å². The van der Waals surface area contributed by atoms with E-state index >= 15 is 0 Å². The van der Waals surface area contributed by atoms with Crippen LogP contribution in [0.1, 0.15) is 36.3 Å². The number of fused-ring (bicyclic) bond motifs is 1. The Morgan fingerprint density at radius 2 is 1.93 bits per heavy atom. The third-order valence-corrected chi connectivity index (χ3v) is 7.78. The van der Waals surface area contributed by atoms with Crippen LogP contribution in [0.15, 0.2) is 53.4 Å². The van der Waals surface area contributed by atoms with Crippen molar-refractivity contribution >= 4 is 17.0 Å². The molecule has 0 radical (unpaired) electrons. The molecule has 4 nitrogen and oxygen atoms in total. The highest BCUT2D eigenvalue weighted by atomic mass is 32.2. The van der Waals surface area contributed by atoms with Gasteiger partial charge in [0.1, 0.15) is 11.4 Å². The Hall–Kier alpha value is -1.53. The van der Waals surface area contributed by atoms with E-state index in [2.05, 4.69) is 23.5 Å². The van der Waals surface area contributed by atoms with Gasteiger partial charge in [0.25, 0.3) is 0 Å². The average Bonchev–Trinajstić information content (AvgIpc) is 3.42. The molecule has 0 spiro atoms. The lowest BCUT2D eigenvalue weighted by Crippen LogP contribution is -2.29. The molecule has 2 aromatic rings. The summed E-state index contributed by atoms with van der Waals surface area (Å²) in [5.41, 5.74) is 3.92. The number of hydrogen-bond acceptors (Lipinski definition) is 4. The molecule has 1 saturated heterocycles. The van der Waals surface area contributed by atoms with Gasteiger partial charge in [0.2, 0.25) is 0 Å². The van der Waals surface area contributed by atoms with Crippen molar-refractivity contribution in [3.63, 3.8) is 0 Å². The van der Waals surface area contributed by atoms with Crippen LogP contribution < -0.4 is 9.62 Å². The van der Waals surface area contributed by atoms with Crippen molar-refractivity contribution in [2.24, 2.45) is 5.92 Å². The molecule has 5 heteroatoms. The lowest BCUT2D eigenvalue weighted by molar-refractivity contribution is 0.0662. The first kappa shape index (κ1) is 18.5. The molecule has 148 valence electrons. The van der Waals surface area contributed by atoms with Crippen molar-refractivity contribution in [1.29, 1.82) is 0 Å².